The van der Waals surface area contributed by atoms with Crippen LogP contribution in [0.1, 0.15) is 74.7 Å². The molecule has 3 fully saturated rings. The van der Waals surface area contributed by atoms with Gasteiger partial charge in [0.05, 0.1) is 5.92 Å². The van der Waals surface area contributed by atoms with E-state index >= 15 is 0 Å². The summed E-state index contributed by atoms with van der Waals surface area (Å²) in [4.78, 5) is 50.6. The van der Waals surface area contributed by atoms with Crippen molar-refractivity contribution in [3.05, 3.63) is 11.6 Å². The Morgan fingerprint density at radius 1 is 1.19 bits per heavy atom. The van der Waals surface area contributed by atoms with Crippen LogP contribution in [-0.4, -0.2) is 69.2 Å². The highest BCUT2D eigenvalue weighted by molar-refractivity contribution is 5.87. The summed E-state index contributed by atoms with van der Waals surface area (Å²) >= 11 is 0. The van der Waals surface area contributed by atoms with Gasteiger partial charge in [-0.25, -0.2) is 9.59 Å². The van der Waals surface area contributed by atoms with Crippen LogP contribution in [0.2, 0.25) is 0 Å². The topological polar surface area (TPSA) is 146 Å². The number of ether oxygens (including phenoxy) is 4. The van der Waals surface area contributed by atoms with E-state index in [1.807, 2.05) is 0 Å². The fourth-order valence-electron chi connectivity index (χ4n) is 6.19. The Labute approximate surface area is 217 Å². The second-order valence-corrected chi connectivity index (χ2v) is 11.3. The molecule has 3 rings (SSSR count). The fourth-order valence-corrected chi connectivity index (χ4v) is 6.19. The van der Waals surface area contributed by atoms with Crippen LogP contribution in [-0.2, 0) is 38.1 Å². The van der Waals surface area contributed by atoms with E-state index in [0.717, 1.165) is 6.92 Å². The molecule has 0 radical (unpaired) electrons. The number of allylic oxidation sites excluding steroid dienone is 1. The zero-order valence-electron chi connectivity index (χ0n) is 22.9. The Balaban J connectivity index is 2.15. The van der Waals surface area contributed by atoms with Crippen LogP contribution >= 0.6 is 0 Å². The third-order valence-electron chi connectivity index (χ3n) is 8.87. The van der Waals surface area contributed by atoms with Gasteiger partial charge in [-0.3, -0.25) is 9.59 Å². The Kier molecular flexibility index (Phi) is 7.88. The number of hydrogen-bond acceptors (Lipinski definition) is 10. The van der Waals surface area contributed by atoms with Crippen molar-refractivity contribution >= 4 is 23.9 Å². The van der Waals surface area contributed by atoms with Gasteiger partial charge in [0.25, 0.3) is 0 Å². The molecule has 1 saturated heterocycles. The highest BCUT2D eigenvalue weighted by Gasteiger charge is 2.76. The first-order chi connectivity index (χ1) is 17.0. The SMILES string of the molecule is C/C=C(/C)C(=O)O[C@H]1C[C@H]2[C@@H]([C@H]1C)[C@@H]1OC(=O)[C@@](C)(O)[C@@]1(O)C(OC(=O)[C@@H](C)CC)C[C@]2(C)OC(C)=O. The average molecular weight is 525 g/mol. The largest absolute Gasteiger partial charge is 0.459 e. The molecule has 37 heavy (non-hydrogen) atoms. The first-order valence-corrected chi connectivity index (χ1v) is 12.9. The number of carbonyl (C=O) groups excluding carboxylic acids is 4. The molecule has 2 aliphatic carbocycles. The molecular formula is C27H40O10. The van der Waals surface area contributed by atoms with E-state index in [0.29, 0.717) is 12.0 Å². The minimum atomic E-state index is -2.42. The molecule has 1 heterocycles. The summed E-state index contributed by atoms with van der Waals surface area (Å²) in [6.07, 6.45) is -1.22. The maximum atomic E-state index is 12.9. The minimum Gasteiger partial charge on any atom is -0.459 e. The number of esters is 4. The van der Waals surface area contributed by atoms with Crippen molar-refractivity contribution in [1.29, 1.82) is 0 Å². The van der Waals surface area contributed by atoms with Crippen LogP contribution in [0.4, 0.5) is 0 Å². The van der Waals surface area contributed by atoms with Gasteiger partial charge in [-0.15, -0.1) is 0 Å². The molecular weight excluding hydrogens is 484 g/mol. The Bertz CT molecular complexity index is 986. The smallest absolute Gasteiger partial charge is 0.341 e. The molecule has 10 nitrogen and oxygen atoms in total. The van der Waals surface area contributed by atoms with Crippen molar-refractivity contribution in [2.75, 3.05) is 0 Å². The third kappa shape index (κ3) is 4.67. The van der Waals surface area contributed by atoms with Gasteiger partial charge in [0.2, 0.25) is 0 Å². The molecule has 208 valence electrons. The Hall–Kier alpha value is -2.46. The second-order valence-electron chi connectivity index (χ2n) is 11.3. The fraction of sp³-hybridized carbons (Fsp3) is 0.778. The second kappa shape index (κ2) is 10.0. The predicted molar refractivity (Wildman–Crippen MR) is 130 cm³/mol. The van der Waals surface area contributed by atoms with Gasteiger partial charge in [0.1, 0.15) is 23.9 Å². The first kappa shape index (κ1) is 29.1. The van der Waals surface area contributed by atoms with Gasteiger partial charge in [-0.2, -0.15) is 0 Å². The molecule has 0 bridgehead atoms. The van der Waals surface area contributed by atoms with Gasteiger partial charge in [0, 0.05) is 36.7 Å². The van der Waals surface area contributed by atoms with E-state index in [1.165, 1.54) is 6.92 Å². The van der Waals surface area contributed by atoms with E-state index in [9.17, 15) is 29.4 Å². The van der Waals surface area contributed by atoms with E-state index in [1.54, 1.807) is 47.6 Å². The van der Waals surface area contributed by atoms with Crippen LogP contribution in [0.3, 0.4) is 0 Å². The van der Waals surface area contributed by atoms with Crippen molar-refractivity contribution in [1.82, 2.24) is 0 Å². The molecule has 1 aliphatic heterocycles. The monoisotopic (exact) mass is 524 g/mol. The summed E-state index contributed by atoms with van der Waals surface area (Å²) in [5, 5.41) is 23.4. The van der Waals surface area contributed by atoms with Gasteiger partial charge in [-0.1, -0.05) is 26.8 Å². The normalized spacial score (nSPS) is 42.1. The van der Waals surface area contributed by atoms with Crippen molar-refractivity contribution in [3.63, 3.8) is 0 Å². The molecule has 0 aromatic rings. The summed E-state index contributed by atoms with van der Waals surface area (Å²) in [6.45, 7) is 12.7. The number of aliphatic hydroxyl groups is 2. The lowest BCUT2D eigenvalue weighted by Gasteiger charge is -2.42. The number of rotatable bonds is 6. The third-order valence-corrected chi connectivity index (χ3v) is 8.87. The van der Waals surface area contributed by atoms with Crippen molar-refractivity contribution in [2.24, 2.45) is 23.7 Å². The molecule has 10 heteroatoms. The summed E-state index contributed by atoms with van der Waals surface area (Å²) in [5.74, 6) is -4.97. The summed E-state index contributed by atoms with van der Waals surface area (Å²) in [5.41, 5.74) is -5.64. The van der Waals surface area contributed by atoms with Crippen LogP contribution in [0.25, 0.3) is 0 Å². The van der Waals surface area contributed by atoms with E-state index in [-0.39, 0.29) is 12.8 Å². The first-order valence-electron chi connectivity index (χ1n) is 12.9. The van der Waals surface area contributed by atoms with Crippen LogP contribution < -0.4 is 0 Å². The molecule has 0 spiro atoms. The molecule has 3 aliphatic rings. The lowest BCUT2D eigenvalue weighted by Crippen LogP contribution is -2.65. The number of fused-ring (bicyclic) bond motifs is 3. The average Bonchev–Trinajstić information content (AvgIpc) is 3.20. The Morgan fingerprint density at radius 3 is 2.35 bits per heavy atom. The standard InChI is InChI=1S/C27H40O10/c1-9-13(3)22(29)34-18-11-17-20(15(18)5)21-27(33,26(8,32)24(31)36-21)19(35-23(30)14(4)10-2)12-25(17,7)37-16(6)28/h9,14-15,17-21,32-33H,10-12H2,1-8H3/b13-9-/t14-,15-,17-,18-,19?,20+,21-,25-,26+,27+/m0/s1. The minimum absolute atomic E-state index is 0.197. The zero-order chi connectivity index (χ0) is 28.1. The van der Waals surface area contributed by atoms with Gasteiger partial charge < -0.3 is 29.2 Å². The molecule has 0 aromatic heterocycles. The molecule has 10 atom stereocenters. The molecule has 1 unspecified atom stereocenters. The highest BCUT2D eigenvalue weighted by atomic mass is 16.6. The van der Waals surface area contributed by atoms with Gasteiger partial charge >= 0.3 is 23.9 Å². The Morgan fingerprint density at radius 2 is 1.81 bits per heavy atom. The predicted octanol–water partition coefficient (Wildman–Crippen LogP) is 2.23. The molecule has 2 N–H and O–H groups in total. The van der Waals surface area contributed by atoms with Crippen LogP contribution in [0.15, 0.2) is 11.6 Å². The van der Waals surface area contributed by atoms with Crippen LogP contribution in [0.5, 0.6) is 0 Å². The molecule has 0 aromatic carbocycles. The van der Waals surface area contributed by atoms with Crippen LogP contribution in [0, 0.1) is 23.7 Å². The number of hydrogen-bond donors (Lipinski definition) is 2. The summed E-state index contributed by atoms with van der Waals surface area (Å²) < 4.78 is 23.0. The highest BCUT2D eigenvalue weighted by Crippen LogP contribution is 2.59. The molecule has 0 amide bonds. The van der Waals surface area contributed by atoms with E-state index < -0.39 is 82.7 Å². The quantitative estimate of drug-likeness (QED) is 0.301. The maximum absolute atomic E-state index is 12.9. The zero-order valence-corrected chi connectivity index (χ0v) is 22.9. The van der Waals surface area contributed by atoms with Gasteiger partial charge in [-0.05, 0) is 40.5 Å². The van der Waals surface area contributed by atoms with Crippen molar-refractivity contribution < 1.29 is 48.3 Å². The van der Waals surface area contributed by atoms with Crippen molar-refractivity contribution in [2.45, 2.75) is 110 Å². The van der Waals surface area contributed by atoms with E-state index in [2.05, 4.69) is 0 Å². The summed E-state index contributed by atoms with van der Waals surface area (Å²) in [6, 6.07) is 0. The summed E-state index contributed by atoms with van der Waals surface area (Å²) in [7, 11) is 0. The lowest BCUT2D eigenvalue weighted by molar-refractivity contribution is -0.216. The lowest BCUT2D eigenvalue weighted by atomic mass is 9.72. The number of carbonyl (C=O) groups is 4. The maximum Gasteiger partial charge on any atom is 0.341 e. The van der Waals surface area contributed by atoms with Crippen molar-refractivity contribution in [3.8, 4) is 0 Å². The van der Waals surface area contributed by atoms with Gasteiger partial charge in [0.15, 0.2) is 11.2 Å². The molecule has 2 saturated carbocycles. The van der Waals surface area contributed by atoms with E-state index in [4.69, 9.17) is 18.9 Å².